The van der Waals surface area contributed by atoms with E-state index in [1.54, 1.807) is 11.3 Å². The molecule has 0 unspecified atom stereocenters. The maximum absolute atomic E-state index is 3.73. The van der Waals surface area contributed by atoms with Gasteiger partial charge < -0.3 is 0 Å². The fourth-order valence-corrected chi connectivity index (χ4v) is 1.79. The highest BCUT2D eigenvalue weighted by atomic mass is 32.1. The van der Waals surface area contributed by atoms with Gasteiger partial charge in [-0.2, -0.15) is 0 Å². The van der Waals surface area contributed by atoms with Crippen molar-refractivity contribution in [2.45, 2.75) is 20.8 Å². The number of thiophene rings is 1. The standard InChI is InChI=1S/C9H10S.C2H6/c1-4-8-7(3)6-10-9(8)5-2;1-2/h4-6H,1-2H2,3H3;1-2H3. The van der Waals surface area contributed by atoms with Crippen LogP contribution in [0.2, 0.25) is 0 Å². The van der Waals surface area contributed by atoms with Crippen LogP contribution in [0.4, 0.5) is 0 Å². The van der Waals surface area contributed by atoms with Gasteiger partial charge in [0.25, 0.3) is 0 Å². The number of hydrogen-bond donors (Lipinski definition) is 0. The van der Waals surface area contributed by atoms with Gasteiger partial charge in [-0.3, -0.25) is 0 Å². The van der Waals surface area contributed by atoms with Crippen LogP contribution in [0, 0.1) is 6.92 Å². The van der Waals surface area contributed by atoms with E-state index in [1.807, 2.05) is 26.0 Å². The second-order valence-corrected chi connectivity index (χ2v) is 3.02. The molecule has 0 saturated heterocycles. The van der Waals surface area contributed by atoms with E-state index in [9.17, 15) is 0 Å². The van der Waals surface area contributed by atoms with E-state index in [1.165, 1.54) is 16.0 Å². The van der Waals surface area contributed by atoms with Crippen LogP contribution in [0.5, 0.6) is 0 Å². The normalized spacial score (nSPS) is 8.25. The van der Waals surface area contributed by atoms with Crippen LogP contribution in [-0.4, -0.2) is 0 Å². The Kier molecular flexibility index (Phi) is 5.39. The molecular formula is C11H16S. The molecule has 1 rings (SSSR count). The first-order valence-electron chi connectivity index (χ1n) is 4.12. The van der Waals surface area contributed by atoms with Crippen molar-refractivity contribution in [1.82, 2.24) is 0 Å². The topological polar surface area (TPSA) is 0 Å². The lowest BCUT2D eigenvalue weighted by atomic mass is 10.2. The van der Waals surface area contributed by atoms with Gasteiger partial charge in [0, 0.05) is 4.88 Å². The van der Waals surface area contributed by atoms with E-state index in [-0.39, 0.29) is 0 Å². The Hall–Kier alpha value is -0.820. The average Bonchev–Trinajstić information content (AvgIpc) is 2.49. The summed E-state index contributed by atoms with van der Waals surface area (Å²) in [6, 6.07) is 0. The molecule has 1 aromatic heterocycles. The zero-order valence-corrected chi connectivity index (χ0v) is 8.87. The summed E-state index contributed by atoms with van der Waals surface area (Å²) in [6.07, 6.45) is 3.75. The van der Waals surface area contributed by atoms with Crippen LogP contribution in [0.25, 0.3) is 12.2 Å². The molecule has 0 aliphatic carbocycles. The summed E-state index contributed by atoms with van der Waals surface area (Å²) < 4.78 is 0. The molecule has 0 radical (unpaired) electrons. The Morgan fingerprint density at radius 3 is 2.17 bits per heavy atom. The third-order valence-electron chi connectivity index (χ3n) is 1.44. The third kappa shape index (κ3) is 2.35. The highest BCUT2D eigenvalue weighted by molar-refractivity contribution is 7.11. The largest absolute Gasteiger partial charge is 0.144 e. The van der Waals surface area contributed by atoms with Crippen molar-refractivity contribution in [3.05, 3.63) is 34.5 Å². The molecular weight excluding hydrogens is 164 g/mol. The molecule has 0 nitrogen and oxygen atoms in total. The first kappa shape index (κ1) is 11.2. The maximum Gasteiger partial charge on any atom is 0.0339 e. The van der Waals surface area contributed by atoms with Crippen molar-refractivity contribution in [2.24, 2.45) is 0 Å². The minimum Gasteiger partial charge on any atom is -0.144 e. The van der Waals surface area contributed by atoms with E-state index in [2.05, 4.69) is 25.5 Å². The van der Waals surface area contributed by atoms with Crippen molar-refractivity contribution < 1.29 is 0 Å². The second kappa shape index (κ2) is 5.78. The summed E-state index contributed by atoms with van der Waals surface area (Å²) in [5, 5.41) is 2.12. The lowest BCUT2D eigenvalue weighted by Gasteiger charge is -1.90. The van der Waals surface area contributed by atoms with Gasteiger partial charge in [0.15, 0.2) is 0 Å². The van der Waals surface area contributed by atoms with E-state index in [4.69, 9.17) is 0 Å². The Bertz CT molecular complexity index is 256. The molecule has 0 atom stereocenters. The van der Waals surface area contributed by atoms with Crippen LogP contribution < -0.4 is 0 Å². The van der Waals surface area contributed by atoms with Crippen LogP contribution in [0.3, 0.4) is 0 Å². The average molecular weight is 180 g/mol. The predicted octanol–water partition coefficient (Wildman–Crippen LogP) is 4.37. The van der Waals surface area contributed by atoms with E-state index in [0.717, 1.165) is 0 Å². The zero-order chi connectivity index (χ0) is 9.56. The van der Waals surface area contributed by atoms with Crippen LogP contribution in [0.15, 0.2) is 18.5 Å². The molecule has 1 heteroatoms. The molecule has 0 spiro atoms. The van der Waals surface area contributed by atoms with Gasteiger partial charge in [-0.25, -0.2) is 0 Å². The fourth-order valence-electron chi connectivity index (χ4n) is 0.893. The Balaban J connectivity index is 0.000000561. The molecule has 0 aliphatic heterocycles. The number of aryl methyl sites for hydroxylation is 1. The van der Waals surface area contributed by atoms with Gasteiger partial charge in [-0.05, 0) is 23.4 Å². The maximum atomic E-state index is 3.73. The molecule has 0 saturated carbocycles. The van der Waals surface area contributed by atoms with Crippen molar-refractivity contribution in [3.63, 3.8) is 0 Å². The molecule has 66 valence electrons. The summed E-state index contributed by atoms with van der Waals surface area (Å²) in [6.45, 7) is 13.5. The van der Waals surface area contributed by atoms with Crippen molar-refractivity contribution in [3.8, 4) is 0 Å². The van der Waals surface area contributed by atoms with Gasteiger partial charge in [-0.15, -0.1) is 11.3 Å². The van der Waals surface area contributed by atoms with E-state index >= 15 is 0 Å². The Labute approximate surface area is 79.3 Å². The molecule has 1 heterocycles. The highest BCUT2D eigenvalue weighted by Crippen LogP contribution is 2.23. The SMILES string of the molecule is C=Cc1scc(C)c1C=C.CC. The zero-order valence-electron chi connectivity index (χ0n) is 8.05. The van der Waals surface area contributed by atoms with Gasteiger partial charge >= 0.3 is 0 Å². The number of rotatable bonds is 2. The quantitative estimate of drug-likeness (QED) is 0.634. The lowest BCUT2D eigenvalue weighted by molar-refractivity contribution is 1.50. The van der Waals surface area contributed by atoms with Crippen molar-refractivity contribution in [1.29, 1.82) is 0 Å². The predicted molar refractivity (Wildman–Crippen MR) is 60.6 cm³/mol. The molecule has 0 N–H and O–H groups in total. The third-order valence-corrected chi connectivity index (χ3v) is 2.55. The monoisotopic (exact) mass is 180 g/mol. The van der Waals surface area contributed by atoms with Crippen molar-refractivity contribution >= 4 is 23.5 Å². The van der Waals surface area contributed by atoms with E-state index in [0.29, 0.717) is 0 Å². The smallest absolute Gasteiger partial charge is 0.0339 e. The summed E-state index contributed by atoms with van der Waals surface area (Å²) >= 11 is 1.71. The van der Waals surface area contributed by atoms with Crippen LogP contribution in [0.1, 0.15) is 29.9 Å². The molecule has 0 aliphatic rings. The Morgan fingerprint density at radius 2 is 1.83 bits per heavy atom. The van der Waals surface area contributed by atoms with Gasteiger partial charge in [0.05, 0.1) is 0 Å². The first-order valence-corrected chi connectivity index (χ1v) is 5.00. The molecule has 0 fully saturated rings. The summed E-state index contributed by atoms with van der Waals surface area (Å²) in [4.78, 5) is 1.22. The molecule has 0 bridgehead atoms. The van der Waals surface area contributed by atoms with Gasteiger partial charge in [-0.1, -0.05) is 39.2 Å². The van der Waals surface area contributed by atoms with Crippen LogP contribution in [-0.2, 0) is 0 Å². The summed E-state index contributed by atoms with van der Waals surface area (Å²) in [5.41, 5.74) is 2.51. The van der Waals surface area contributed by atoms with Crippen molar-refractivity contribution in [2.75, 3.05) is 0 Å². The van der Waals surface area contributed by atoms with Gasteiger partial charge in [0.1, 0.15) is 0 Å². The molecule has 0 aromatic carbocycles. The number of hydrogen-bond acceptors (Lipinski definition) is 1. The van der Waals surface area contributed by atoms with Gasteiger partial charge in [0.2, 0.25) is 0 Å². The summed E-state index contributed by atoms with van der Waals surface area (Å²) in [5.74, 6) is 0. The second-order valence-electron chi connectivity index (χ2n) is 2.10. The summed E-state index contributed by atoms with van der Waals surface area (Å²) in [7, 11) is 0. The minimum absolute atomic E-state index is 1.22. The molecule has 0 amide bonds. The first-order chi connectivity index (χ1) is 5.79. The fraction of sp³-hybridized carbons (Fsp3) is 0.273. The molecule has 1 aromatic rings. The Morgan fingerprint density at radius 1 is 1.25 bits per heavy atom. The van der Waals surface area contributed by atoms with Crippen LogP contribution >= 0.6 is 11.3 Å². The molecule has 12 heavy (non-hydrogen) atoms. The van der Waals surface area contributed by atoms with E-state index < -0.39 is 0 Å². The minimum atomic E-state index is 1.22. The lowest BCUT2D eigenvalue weighted by Crippen LogP contribution is -1.72. The highest BCUT2D eigenvalue weighted by Gasteiger charge is 1.99.